The number of alkyl halides is 1. The number of nitrogens with one attached hydrogen (secondary N) is 1. The van der Waals surface area contributed by atoms with Crippen LogP contribution in [0.25, 0.3) is 0 Å². The van der Waals surface area contributed by atoms with Gasteiger partial charge in [-0.05, 0) is 12.1 Å². The van der Waals surface area contributed by atoms with Crippen molar-refractivity contribution in [3.8, 4) is 0 Å². The van der Waals surface area contributed by atoms with Gasteiger partial charge in [-0.3, -0.25) is 4.79 Å². The van der Waals surface area contributed by atoms with E-state index in [9.17, 15) is 4.79 Å². The molecule has 0 aromatic heterocycles. The normalized spacial score (nSPS) is 28.0. The maximum Gasteiger partial charge on any atom is 0.251 e. The third-order valence-electron chi connectivity index (χ3n) is 3.07. The third-order valence-corrected chi connectivity index (χ3v) is 3.94. The van der Waals surface area contributed by atoms with Gasteiger partial charge in [0.05, 0.1) is 18.8 Å². The number of amides is 1. The minimum atomic E-state index is -0.0113. The Morgan fingerprint density at radius 1 is 1.47 bits per heavy atom. The smallest absolute Gasteiger partial charge is 0.251 e. The summed E-state index contributed by atoms with van der Waals surface area (Å²) in [5.74, 6) is 0.366. The van der Waals surface area contributed by atoms with Crippen LogP contribution < -0.4 is 5.32 Å². The van der Waals surface area contributed by atoms with E-state index in [2.05, 4.69) is 34.8 Å². The number of ether oxygens (including phenoxy) is 1. The quantitative estimate of drug-likeness (QED) is 0.674. The largest absolute Gasteiger partial charge is 0.375 e. The first kappa shape index (κ1) is 12.8. The molecule has 1 aliphatic heterocycles. The predicted octanol–water partition coefficient (Wildman–Crippen LogP) is 2.25. The van der Waals surface area contributed by atoms with Crippen LogP contribution in [0.15, 0.2) is 30.3 Å². The summed E-state index contributed by atoms with van der Waals surface area (Å²) >= 11 is 2.30. The zero-order chi connectivity index (χ0) is 12.3. The van der Waals surface area contributed by atoms with Crippen molar-refractivity contribution in [1.82, 2.24) is 5.32 Å². The van der Waals surface area contributed by atoms with Crippen molar-refractivity contribution in [1.29, 1.82) is 0 Å². The van der Waals surface area contributed by atoms with Gasteiger partial charge in [-0.25, -0.2) is 0 Å². The lowest BCUT2D eigenvalue weighted by Crippen LogP contribution is -2.44. The maximum absolute atomic E-state index is 12.0. The van der Waals surface area contributed by atoms with Crippen LogP contribution in [0, 0.1) is 5.92 Å². The van der Waals surface area contributed by atoms with E-state index < -0.39 is 0 Å². The van der Waals surface area contributed by atoms with Crippen molar-refractivity contribution in [3.05, 3.63) is 35.9 Å². The van der Waals surface area contributed by atoms with Crippen molar-refractivity contribution in [3.63, 3.8) is 0 Å². The average molecular weight is 345 g/mol. The molecule has 1 aliphatic rings. The molecule has 0 saturated carbocycles. The highest BCUT2D eigenvalue weighted by Gasteiger charge is 2.34. The maximum atomic E-state index is 12.0. The van der Waals surface area contributed by atoms with E-state index in [4.69, 9.17) is 4.74 Å². The molecule has 1 saturated heterocycles. The molecule has 17 heavy (non-hydrogen) atoms. The molecule has 3 atom stereocenters. The van der Waals surface area contributed by atoms with Crippen LogP contribution >= 0.6 is 22.6 Å². The van der Waals surface area contributed by atoms with E-state index >= 15 is 0 Å². The second-order valence-corrected chi connectivity index (χ2v) is 5.25. The molecule has 1 fully saturated rings. The lowest BCUT2D eigenvalue weighted by atomic mass is 10.0. The van der Waals surface area contributed by atoms with E-state index in [0.29, 0.717) is 11.5 Å². The zero-order valence-electron chi connectivity index (χ0n) is 9.73. The molecule has 0 radical (unpaired) electrons. The second-order valence-electron chi connectivity index (χ2n) is 4.37. The van der Waals surface area contributed by atoms with E-state index in [1.807, 2.05) is 30.3 Å². The Balaban J connectivity index is 2.03. The molecule has 1 amide bonds. The summed E-state index contributed by atoms with van der Waals surface area (Å²) in [6.45, 7) is 2.84. The van der Waals surface area contributed by atoms with E-state index in [-0.39, 0.29) is 18.1 Å². The Morgan fingerprint density at radius 2 is 2.18 bits per heavy atom. The molecular weight excluding hydrogens is 329 g/mol. The highest BCUT2D eigenvalue weighted by atomic mass is 127. The molecule has 0 spiro atoms. The molecular formula is C13H16INO2. The SMILES string of the molecule is C[C@@H]1CO[C@@H](CI)[C@@H]1NC(=O)c1ccccc1. The minimum absolute atomic E-state index is 0.0113. The van der Waals surface area contributed by atoms with Crippen LogP contribution in [-0.2, 0) is 4.74 Å². The lowest BCUT2D eigenvalue weighted by Gasteiger charge is -2.21. The van der Waals surface area contributed by atoms with Gasteiger partial charge in [0.1, 0.15) is 0 Å². The van der Waals surface area contributed by atoms with Gasteiger partial charge < -0.3 is 10.1 Å². The monoisotopic (exact) mass is 345 g/mol. The Bertz CT molecular complexity index is 382. The molecule has 1 aromatic carbocycles. The standard InChI is InChI=1S/C13H16INO2/c1-9-8-17-11(7-14)12(9)15-13(16)10-5-3-2-4-6-10/h2-6,9,11-12H,7-8H2,1H3,(H,15,16)/t9-,11+,12-/m1/s1. The molecule has 1 N–H and O–H groups in total. The Labute approximate surface area is 115 Å². The van der Waals surface area contributed by atoms with Gasteiger partial charge in [-0.1, -0.05) is 47.7 Å². The summed E-state index contributed by atoms with van der Waals surface area (Å²) in [6.07, 6.45) is 0.137. The van der Waals surface area contributed by atoms with Gasteiger partial charge in [0.15, 0.2) is 0 Å². The van der Waals surface area contributed by atoms with Gasteiger partial charge in [0.2, 0.25) is 0 Å². The minimum Gasteiger partial charge on any atom is -0.375 e. The van der Waals surface area contributed by atoms with Crippen LogP contribution in [0.2, 0.25) is 0 Å². The number of hydrogen-bond donors (Lipinski definition) is 1. The molecule has 0 aliphatic carbocycles. The summed E-state index contributed by atoms with van der Waals surface area (Å²) in [5, 5.41) is 3.08. The van der Waals surface area contributed by atoms with E-state index in [1.54, 1.807) is 0 Å². The fourth-order valence-corrected chi connectivity index (χ4v) is 2.85. The lowest BCUT2D eigenvalue weighted by molar-refractivity contribution is 0.0877. The molecule has 2 rings (SSSR count). The van der Waals surface area contributed by atoms with Crippen LogP contribution in [-0.4, -0.2) is 29.1 Å². The number of hydrogen-bond acceptors (Lipinski definition) is 2. The van der Waals surface area contributed by atoms with Crippen LogP contribution in [0.3, 0.4) is 0 Å². The third kappa shape index (κ3) is 2.98. The average Bonchev–Trinajstić information content (AvgIpc) is 2.71. The topological polar surface area (TPSA) is 38.3 Å². The Kier molecular flexibility index (Phi) is 4.39. The van der Waals surface area contributed by atoms with Crippen LogP contribution in [0.5, 0.6) is 0 Å². The molecule has 0 unspecified atom stereocenters. The van der Waals surface area contributed by atoms with Crippen molar-refractivity contribution >= 4 is 28.5 Å². The summed E-state index contributed by atoms with van der Waals surface area (Å²) in [5.41, 5.74) is 0.707. The second kappa shape index (κ2) is 5.82. The van der Waals surface area contributed by atoms with Gasteiger partial charge in [0, 0.05) is 15.9 Å². The zero-order valence-corrected chi connectivity index (χ0v) is 11.9. The van der Waals surface area contributed by atoms with E-state index in [1.165, 1.54) is 0 Å². The highest BCUT2D eigenvalue weighted by molar-refractivity contribution is 14.1. The van der Waals surface area contributed by atoms with Crippen LogP contribution in [0.1, 0.15) is 17.3 Å². The summed E-state index contributed by atoms with van der Waals surface area (Å²) in [6, 6.07) is 9.44. The van der Waals surface area contributed by atoms with Gasteiger partial charge in [-0.2, -0.15) is 0 Å². The highest BCUT2D eigenvalue weighted by Crippen LogP contribution is 2.22. The van der Waals surface area contributed by atoms with Crippen molar-refractivity contribution in [2.45, 2.75) is 19.1 Å². The fourth-order valence-electron chi connectivity index (χ4n) is 2.05. The number of halogens is 1. The summed E-state index contributed by atoms with van der Waals surface area (Å²) < 4.78 is 6.55. The first-order valence-electron chi connectivity index (χ1n) is 5.76. The molecule has 4 heteroatoms. The van der Waals surface area contributed by atoms with Crippen molar-refractivity contribution in [2.24, 2.45) is 5.92 Å². The Hall–Kier alpha value is -0.620. The number of benzene rings is 1. The van der Waals surface area contributed by atoms with Crippen LogP contribution in [0.4, 0.5) is 0 Å². The number of carbonyl (C=O) groups excluding carboxylic acids is 1. The first-order valence-corrected chi connectivity index (χ1v) is 7.28. The van der Waals surface area contributed by atoms with E-state index in [0.717, 1.165) is 11.0 Å². The summed E-state index contributed by atoms with van der Waals surface area (Å²) in [7, 11) is 0. The first-order chi connectivity index (χ1) is 8.22. The predicted molar refractivity (Wildman–Crippen MR) is 75.5 cm³/mol. The van der Waals surface area contributed by atoms with Gasteiger partial charge in [0.25, 0.3) is 5.91 Å². The Morgan fingerprint density at radius 3 is 2.82 bits per heavy atom. The molecule has 92 valence electrons. The molecule has 1 heterocycles. The van der Waals surface area contributed by atoms with Crippen molar-refractivity contribution < 1.29 is 9.53 Å². The van der Waals surface area contributed by atoms with Gasteiger partial charge in [-0.15, -0.1) is 0 Å². The fraction of sp³-hybridized carbons (Fsp3) is 0.462. The molecule has 3 nitrogen and oxygen atoms in total. The number of rotatable bonds is 3. The van der Waals surface area contributed by atoms with Crippen molar-refractivity contribution in [2.75, 3.05) is 11.0 Å². The van der Waals surface area contributed by atoms with Gasteiger partial charge >= 0.3 is 0 Å². The molecule has 0 bridgehead atoms. The molecule has 1 aromatic rings. The summed E-state index contributed by atoms with van der Waals surface area (Å²) in [4.78, 5) is 12.0. The number of carbonyl (C=O) groups is 1.